The van der Waals surface area contributed by atoms with E-state index in [9.17, 15) is 14.4 Å². The fraction of sp³-hybridized carbons (Fsp3) is 0.640. The van der Waals surface area contributed by atoms with E-state index in [2.05, 4.69) is 167 Å². The van der Waals surface area contributed by atoms with E-state index in [-0.39, 0.29) is 44.0 Å². The van der Waals surface area contributed by atoms with Gasteiger partial charge in [0.1, 0.15) is 13.2 Å². The van der Waals surface area contributed by atoms with Crippen LogP contribution in [0.2, 0.25) is 0 Å². The van der Waals surface area contributed by atoms with E-state index in [1.807, 2.05) is 0 Å². The molecule has 0 bridgehead atoms. The van der Waals surface area contributed by atoms with Gasteiger partial charge in [-0.3, -0.25) is 14.4 Å². The molecule has 0 aromatic rings. The fourth-order valence-corrected chi connectivity index (χ4v) is 8.94. The van der Waals surface area contributed by atoms with Gasteiger partial charge in [-0.25, -0.2) is 0 Å². The van der Waals surface area contributed by atoms with Crippen molar-refractivity contribution in [3.05, 3.63) is 146 Å². The van der Waals surface area contributed by atoms with Crippen molar-refractivity contribution in [1.29, 1.82) is 0 Å². The number of hydrogen-bond acceptors (Lipinski definition) is 6. The quantitative estimate of drug-likeness (QED) is 0.0261. The van der Waals surface area contributed by atoms with Crippen LogP contribution in [-0.4, -0.2) is 37.2 Å². The molecule has 0 saturated carbocycles. The second-order valence-electron chi connectivity index (χ2n) is 21.6. The highest BCUT2D eigenvalue weighted by Gasteiger charge is 2.19. The third kappa shape index (κ3) is 66.0. The molecule has 1 unspecified atom stereocenters. The second-order valence-corrected chi connectivity index (χ2v) is 21.6. The van der Waals surface area contributed by atoms with Gasteiger partial charge in [0.2, 0.25) is 0 Å². The third-order valence-electron chi connectivity index (χ3n) is 13.8. The molecule has 6 nitrogen and oxygen atoms in total. The van der Waals surface area contributed by atoms with Gasteiger partial charge in [0, 0.05) is 19.3 Å². The van der Waals surface area contributed by atoms with Crippen molar-refractivity contribution in [2.75, 3.05) is 13.2 Å². The van der Waals surface area contributed by atoms with Gasteiger partial charge in [-0.2, -0.15) is 0 Å². The Morgan fingerprint density at radius 3 is 0.741 bits per heavy atom. The Balaban J connectivity index is 4.52. The first-order valence-corrected chi connectivity index (χ1v) is 33.3. The molecule has 0 N–H and O–H groups in total. The molecule has 1 atom stereocenters. The van der Waals surface area contributed by atoms with Crippen LogP contribution in [0.25, 0.3) is 0 Å². The molecule has 458 valence electrons. The van der Waals surface area contributed by atoms with E-state index < -0.39 is 6.10 Å². The summed E-state index contributed by atoms with van der Waals surface area (Å²) in [5, 5.41) is 0. The monoisotopic (exact) mass is 1120 g/mol. The van der Waals surface area contributed by atoms with Crippen molar-refractivity contribution in [3.8, 4) is 0 Å². The zero-order valence-corrected chi connectivity index (χ0v) is 52.5. The molecule has 81 heavy (non-hydrogen) atoms. The first kappa shape index (κ1) is 76.3. The third-order valence-corrected chi connectivity index (χ3v) is 13.8. The summed E-state index contributed by atoms with van der Waals surface area (Å²) in [5.41, 5.74) is 0. The van der Waals surface area contributed by atoms with E-state index in [0.717, 1.165) is 109 Å². The van der Waals surface area contributed by atoms with Crippen LogP contribution in [0.4, 0.5) is 0 Å². The summed E-state index contributed by atoms with van der Waals surface area (Å²) >= 11 is 0. The lowest BCUT2D eigenvalue weighted by Gasteiger charge is -2.18. The first-order valence-electron chi connectivity index (χ1n) is 33.3. The standard InChI is InChI=1S/C75H122O6/c1-4-7-10-13-16-19-22-25-28-31-33-35-37-39-41-44-47-50-53-56-59-62-65-68-74(77)80-71-72(70-79-73(76)67-64-61-58-55-52-49-46-43-30-27-24-21-18-15-12-9-6-3)81-75(78)69-66-63-60-57-54-51-48-45-42-40-38-36-34-32-29-26-23-20-17-14-11-8-5-2/h7,9-10,12,16,18-19,21,25,27-28,30,33,35,39,41,46-47,49-50,55-56,58-59,72H,4-6,8,11,13-15,17,20,22-24,26,29,31-32,34,36-38,40,42-45,48,51-54,57,60-71H2,1-3H3/b10-7-,12-9-,19-16-,21-18-,28-25-,30-27-,35-33-,41-39-,49-46-,50-47-,58-55-,59-56-. The normalized spacial score (nSPS) is 13.1. The van der Waals surface area contributed by atoms with Gasteiger partial charge in [0.05, 0.1) is 0 Å². The van der Waals surface area contributed by atoms with Gasteiger partial charge >= 0.3 is 17.9 Å². The van der Waals surface area contributed by atoms with Crippen LogP contribution in [0.5, 0.6) is 0 Å². The highest BCUT2D eigenvalue weighted by atomic mass is 16.6. The van der Waals surface area contributed by atoms with Crippen molar-refractivity contribution in [1.82, 2.24) is 0 Å². The highest BCUT2D eigenvalue weighted by molar-refractivity contribution is 5.71. The molecule has 0 saturated heterocycles. The van der Waals surface area contributed by atoms with Gasteiger partial charge in [0.15, 0.2) is 6.10 Å². The first-order chi connectivity index (χ1) is 40.0. The minimum Gasteiger partial charge on any atom is -0.462 e. The lowest BCUT2D eigenvalue weighted by atomic mass is 10.0. The van der Waals surface area contributed by atoms with Crippen LogP contribution in [0, 0.1) is 0 Å². The Kier molecular flexibility index (Phi) is 63.9. The minimum atomic E-state index is -0.831. The number of carbonyl (C=O) groups excluding carboxylic acids is 3. The van der Waals surface area contributed by atoms with Crippen LogP contribution < -0.4 is 0 Å². The second kappa shape index (κ2) is 67.8. The summed E-state index contributed by atoms with van der Waals surface area (Å²) in [7, 11) is 0. The Morgan fingerprint density at radius 1 is 0.259 bits per heavy atom. The molecule has 0 heterocycles. The van der Waals surface area contributed by atoms with E-state index in [4.69, 9.17) is 14.2 Å². The van der Waals surface area contributed by atoms with Crippen molar-refractivity contribution in [2.45, 2.75) is 297 Å². The number of unbranched alkanes of at least 4 members (excludes halogenated alkanes) is 24. The Hall–Kier alpha value is -4.71. The number of carbonyl (C=O) groups is 3. The molecule has 0 rings (SSSR count). The van der Waals surface area contributed by atoms with Crippen LogP contribution in [0.3, 0.4) is 0 Å². The summed E-state index contributed by atoms with van der Waals surface area (Å²) in [6.45, 7) is 6.34. The lowest BCUT2D eigenvalue weighted by Crippen LogP contribution is -2.30. The maximum absolute atomic E-state index is 12.9. The molecule has 0 fully saturated rings. The number of ether oxygens (including phenoxy) is 3. The summed E-state index contributed by atoms with van der Waals surface area (Å²) < 4.78 is 16.9. The lowest BCUT2D eigenvalue weighted by molar-refractivity contribution is -0.167. The predicted molar refractivity (Wildman–Crippen MR) is 352 cm³/mol. The smallest absolute Gasteiger partial charge is 0.306 e. The molecule has 0 aliphatic rings. The molecule has 0 aliphatic heterocycles. The molecule has 0 spiro atoms. The Bertz CT molecular complexity index is 1760. The number of allylic oxidation sites excluding steroid dienone is 24. The molecular formula is C75H122O6. The molecule has 0 aromatic carbocycles. The van der Waals surface area contributed by atoms with Crippen LogP contribution in [0.15, 0.2) is 146 Å². The van der Waals surface area contributed by atoms with Crippen LogP contribution in [0.1, 0.15) is 290 Å². The highest BCUT2D eigenvalue weighted by Crippen LogP contribution is 2.17. The van der Waals surface area contributed by atoms with Gasteiger partial charge < -0.3 is 14.2 Å². The molecular weight excluding hydrogens is 997 g/mol. The number of esters is 3. The van der Waals surface area contributed by atoms with Crippen molar-refractivity contribution < 1.29 is 28.6 Å². The Morgan fingerprint density at radius 2 is 0.481 bits per heavy atom. The molecule has 6 heteroatoms. The summed E-state index contributed by atoms with van der Waals surface area (Å²) in [4.78, 5) is 38.4. The summed E-state index contributed by atoms with van der Waals surface area (Å²) in [5.74, 6) is -1.04. The van der Waals surface area contributed by atoms with E-state index >= 15 is 0 Å². The van der Waals surface area contributed by atoms with E-state index in [0.29, 0.717) is 19.3 Å². The zero-order chi connectivity index (χ0) is 58.5. The topological polar surface area (TPSA) is 78.9 Å². The van der Waals surface area contributed by atoms with E-state index in [1.54, 1.807) is 0 Å². The molecule has 0 aliphatic carbocycles. The average Bonchev–Trinajstić information content (AvgIpc) is 3.47. The van der Waals surface area contributed by atoms with E-state index in [1.165, 1.54) is 128 Å². The Labute approximate surface area is 499 Å². The number of rotatable bonds is 59. The average molecular weight is 1120 g/mol. The SMILES string of the molecule is CC/C=C\C/C=C\C/C=C\C/C=C\C/C=C\C/C=C\C/C=C\CCCC(=O)OCC(COC(=O)CCC/C=C\C/C=C\C/C=C\C/C=C\C/C=C\CC)OC(=O)CCCCCCCCCCCCCCCCCCCCCCCCC. The van der Waals surface area contributed by atoms with Crippen molar-refractivity contribution in [3.63, 3.8) is 0 Å². The zero-order valence-electron chi connectivity index (χ0n) is 52.5. The van der Waals surface area contributed by atoms with Gasteiger partial charge in [0.25, 0.3) is 0 Å². The van der Waals surface area contributed by atoms with Crippen molar-refractivity contribution >= 4 is 17.9 Å². The van der Waals surface area contributed by atoms with Gasteiger partial charge in [-0.05, 0) is 109 Å². The maximum Gasteiger partial charge on any atom is 0.306 e. The molecule has 0 radical (unpaired) electrons. The summed E-state index contributed by atoms with van der Waals surface area (Å²) in [6, 6.07) is 0. The predicted octanol–water partition coefficient (Wildman–Crippen LogP) is 23.1. The minimum absolute atomic E-state index is 0.129. The van der Waals surface area contributed by atoms with Gasteiger partial charge in [-0.1, -0.05) is 308 Å². The van der Waals surface area contributed by atoms with Crippen LogP contribution in [-0.2, 0) is 28.6 Å². The largest absolute Gasteiger partial charge is 0.462 e. The maximum atomic E-state index is 12.9. The van der Waals surface area contributed by atoms with Crippen molar-refractivity contribution in [2.24, 2.45) is 0 Å². The number of hydrogen-bond donors (Lipinski definition) is 0. The molecule has 0 aromatic heterocycles. The molecule has 0 amide bonds. The van der Waals surface area contributed by atoms with Crippen LogP contribution >= 0.6 is 0 Å². The fourth-order valence-electron chi connectivity index (χ4n) is 8.94. The van der Waals surface area contributed by atoms with Gasteiger partial charge in [-0.15, -0.1) is 0 Å². The summed E-state index contributed by atoms with van der Waals surface area (Å²) in [6.07, 6.45) is 97.3.